The number of aromatic nitrogens is 4. The van der Waals surface area contributed by atoms with Crippen LogP contribution in [0.5, 0.6) is 0 Å². The first kappa shape index (κ1) is 27.5. The highest BCUT2D eigenvalue weighted by Crippen LogP contribution is 2.53. The first-order valence-electron chi connectivity index (χ1n) is 17.2. The summed E-state index contributed by atoms with van der Waals surface area (Å²) in [6.07, 6.45) is 0. The van der Waals surface area contributed by atoms with Crippen molar-refractivity contribution >= 4 is 48.9 Å². The number of rotatable bonds is 3. The Morgan fingerprint density at radius 1 is 0.420 bits per heavy atom. The van der Waals surface area contributed by atoms with Crippen molar-refractivity contribution in [2.45, 2.75) is 19.3 Å². The molecule has 0 saturated carbocycles. The lowest BCUT2D eigenvalue weighted by Crippen LogP contribution is -2.15. The van der Waals surface area contributed by atoms with Crippen molar-refractivity contribution in [1.82, 2.24) is 19.4 Å². The molecule has 0 bridgehead atoms. The van der Waals surface area contributed by atoms with E-state index in [1.807, 2.05) is 36.4 Å². The van der Waals surface area contributed by atoms with Gasteiger partial charge in [0.2, 0.25) is 0 Å². The van der Waals surface area contributed by atoms with Crippen LogP contribution in [-0.4, -0.2) is 19.4 Å². The lowest BCUT2D eigenvalue weighted by molar-refractivity contribution is 0.666. The zero-order valence-corrected chi connectivity index (χ0v) is 27.6. The number of benzene rings is 7. The van der Waals surface area contributed by atoms with Gasteiger partial charge in [-0.1, -0.05) is 147 Å². The van der Waals surface area contributed by atoms with Crippen LogP contribution >= 0.6 is 0 Å². The van der Waals surface area contributed by atoms with E-state index in [0.29, 0.717) is 17.5 Å². The zero-order chi connectivity index (χ0) is 33.1. The maximum Gasteiger partial charge on any atom is 0.164 e. The molecule has 10 aromatic rings. The van der Waals surface area contributed by atoms with Gasteiger partial charge in [-0.05, 0) is 39.8 Å². The topological polar surface area (TPSA) is 43.1 Å². The van der Waals surface area contributed by atoms with Crippen LogP contribution in [0.15, 0.2) is 146 Å². The van der Waals surface area contributed by atoms with Crippen molar-refractivity contribution in [2.24, 2.45) is 0 Å². The molecule has 4 nitrogen and oxygen atoms in total. The fourth-order valence-electron chi connectivity index (χ4n) is 8.72. The second-order valence-electron chi connectivity index (χ2n) is 14.0. The summed E-state index contributed by atoms with van der Waals surface area (Å²) in [4.78, 5) is 15.0. The highest BCUT2D eigenvalue weighted by Gasteiger charge is 2.38. The number of nitrogens with zero attached hydrogens (tertiary/aromatic N) is 4. The lowest BCUT2D eigenvalue weighted by Gasteiger charge is -2.24. The third-order valence-corrected chi connectivity index (χ3v) is 10.9. The Balaban J connectivity index is 1.12. The van der Waals surface area contributed by atoms with Crippen LogP contribution in [0.2, 0.25) is 0 Å². The van der Waals surface area contributed by atoms with Crippen LogP contribution < -0.4 is 0 Å². The van der Waals surface area contributed by atoms with Gasteiger partial charge in [-0.15, -0.1) is 0 Å². The molecule has 0 N–H and O–H groups in total. The Bertz CT molecular complexity index is 2930. The van der Waals surface area contributed by atoms with Gasteiger partial charge in [0, 0.05) is 49.0 Å². The monoisotopic (exact) mass is 638 g/mol. The normalized spacial score (nSPS) is 13.6. The van der Waals surface area contributed by atoms with Crippen molar-refractivity contribution in [3.05, 3.63) is 157 Å². The van der Waals surface area contributed by atoms with E-state index in [1.165, 1.54) is 71.1 Å². The Kier molecular flexibility index (Phi) is 5.42. The van der Waals surface area contributed by atoms with Gasteiger partial charge in [0.15, 0.2) is 17.5 Å². The molecule has 3 aromatic heterocycles. The van der Waals surface area contributed by atoms with Crippen molar-refractivity contribution in [3.63, 3.8) is 0 Å². The van der Waals surface area contributed by atoms with Crippen LogP contribution in [0.4, 0.5) is 0 Å². The minimum atomic E-state index is -0.245. The van der Waals surface area contributed by atoms with E-state index in [1.54, 1.807) is 0 Å². The van der Waals surface area contributed by atoms with Gasteiger partial charge >= 0.3 is 0 Å². The second kappa shape index (κ2) is 9.83. The average molecular weight is 639 g/mol. The molecule has 0 amide bonds. The van der Waals surface area contributed by atoms with Crippen LogP contribution in [0.3, 0.4) is 0 Å². The SMILES string of the molecule is CC1(C)c2cc(-c3nc(-c4ccccc4)nc(-c4ccccc4)n3)ccc2-c2ccc3c(ccc4c5cccc6c7ccccc7n(c34)c65)c21. The molecule has 0 spiro atoms. The molecule has 0 saturated heterocycles. The van der Waals surface area contributed by atoms with Gasteiger partial charge in [0.05, 0.1) is 16.6 Å². The van der Waals surface area contributed by atoms with Crippen molar-refractivity contribution < 1.29 is 0 Å². The lowest BCUT2D eigenvalue weighted by atomic mass is 9.79. The number of hydrogen-bond donors (Lipinski definition) is 0. The van der Waals surface area contributed by atoms with Crippen molar-refractivity contribution in [3.8, 4) is 45.3 Å². The fraction of sp³-hybridized carbons (Fsp3) is 0.0652. The van der Waals surface area contributed by atoms with Crippen LogP contribution in [0.1, 0.15) is 25.0 Å². The second-order valence-corrected chi connectivity index (χ2v) is 14.0. The number of fused-ring (bicyclic) bond motifs is 12. The third-order valence-electron chi connectivity index (χ3n) is 10.9. The Morgan fingerprint density at radius 3 is 1.62 bits per heavy atom. The molecule has 0 fully saturated rings. The molecule has 4 heteroatoms. The molecule has 11 rings (SSSR count). The number of para-hydroxylation sites is 2. The summed E-state index contributed by atoms with van der Waals surface area (Å²) in [5, 5.41) is 7.83. The van der Waals surface area contributed by atoms with Crippen LogP contribution in [0, 0.1) is 0 Å². The first-order chi connectivity index (χ1) is 24.6. The molecule has 0 aliphatic heterocycles. The zero-order valence-electron chi connectivity index (χ0n) is 27.6. The smallest absolute Gasteiger partial charge is 0.164 e. The van der Waals surface area contributed by atoms with Gasteiger partial charge < -0.3 is 4.40 Å². The molecular weight excluding hydrogens is 609 g/mol. The predicted octanol–water partition coefficient (Wildman–Crippen LogP) is 11.5. The molecule has 3 heterocycles. The van der Waals surface area contributed by atoms with Gasteiger partial charge in [-0.25, -0.2) is 15.0 Å². The van der Waals surface area contributed by atoms with Crippen LogP contribution in [-0.2, 0) is 5.41 Å². The summed E-state index contributed by atoms with van der Waals surface area (Å²) in [6, 6.07) is 52.1. The van der Waals surface area contributed by atoms with Crippen LogP contribution in [0.25, 0.3) is 94.2 Å². The molecule has 1 aliphatic rings. The van der Waals surface area contributed by atoms with E-state index in [-0.39, 0.29) is 5.41 Å². The van der Waals surface area contributed by atoms with Gasteiger partial charge in [-0.3, -0.25) is 0 Å². The van der Waals surface area contributed by atoms with E-state index in [9.17, 15) is 0 Å². The predicted molar refractivity (Wildman–Crippen MR) is 206 cm³/mol. The first-order valence-corrected chi connectivity index (χ1v) is 17.2. The molecule has 1 aliphatic carbocycles. The quantitative estimate of drug-likeness (QED) is 0.193. The molecule has 7 aromatic carbocycles. The maximum absolute atomic E-state index is 5.04. The molecular formula is C46H30N4. The largest absolute Gasteiger partial charge is 0.307 e. The molecule has 234 valence electrons. The highest BCUT2D eigenvalue weighted by atomic mass is 15.0. The highest BCUT2D eigenvalue weighted by molar-refractivity contribution is 6.27. The summed E-state index contributed by atoms with van der Waals surface area (Å²) in [5.74, 6) is 2.02. The van der Waals surface area contributed by atoms with Gasteiger partial charge in [-0.2, -0.15) is 0 Å². The maximum atomic E-state index is 5.04. The van der Waals surface area contributed by atoms with E-state index < -0.39 is 0 Å². The summed E-state index contributed by atoms with van der Waals surface area (Å²) in [5.41, 5.74) is 11.8. The minimum Gasteiger partial charge on any atom is -0.307 e. The average Bonchev–Trinajstić information content (AvgIpc) is 3.78. The molecule has 0 unspecified atom stereocenters. The molecule has 0 radical (unpaired) electrons. The van der Waals surface area contributed by atoms with Crippen molar-refractivity contribution in [2.75, 3.05) is 0 Å². The Labute approximate surface area is 288 Å². The summed E-state index contributed by atoms with van der Waals surface area (Å²) in [7, 11) is 0. The fourth-order valence-corrected chi connectivity index (χ4v) is 8.72. The third kappa shape index (κ3) is 3.62. The summed E-state index contributed by atoms with van der Waals surface area (Å²) < 4.78 is 2.51. The van der Waals surface area contributed by atoms with E-state index >= 15 is 0 Å². The molecule has 50 heavy (non-hydrogen) atoms. The van der Waals surface area contributed by atoms with E-state index in [4.69, 9.17) is 15.0 Å². The minimum absolute atomic E-state index is 0.245. The number of hydrogen-bond acceptors (Lipinski definition) is 3. The Morgan fingerprint density at radius 2 is 0.920 bits per heavy atom. The molecule has 0 atom stereocenters. The van der Waals surface area contributed by atoms with E-state index in [0.717, 1.165) is 16.7 Å². The Hall–Kier alpha value is -6.39. The summed E-state index contributed by atoms with van der Waals surface area (Å²) >= 11 is 0. The van der Waals surface area contributed by atoms with Crippen molar-refractivity contribution in [1.29, 1.82) is 0 Å². The van der Waals surface area contributed by atoms with Gasteiger partial charge in [0.1, 0.15) is 0 Å². The summed E-state index contributed by atoms with van der Waals surface area (Å²) in [6.45, 7) is 4.73. The standard InChI is InChI=1S/C46H30N4/c1-46(2)38-26-29(45-48-43(27-12-5-3-6-13-27)47-44(49-45)28-14-7-4-8-15-28)20-21-30(38)32-22-24-36-33(40(32)46)23-25-37-35-18-11-17-34-31-16-9-10-19-39(31)50(41(34)35)42(36)37/h3-26H,1-2H3. The van der Waals surface area contributed by atoms with E-state index in [2.05, 4.69) is 127 Å². The van der Waals surface area contributed by atoms with Gasteiger partial charge in [0.25, 0.3) is 0 Å².